The number of hydrogen-bond donors (Lipinski definition) is 1. The summed E-state index contributed by atoms with van der Waals surface area (Å²) >= 11 is 3.29. The molecule has 104 valence electrons. The van der Waals surface area contributed by atoms with Gasteiger partial charge in [0.15, 0.2) is 0 Å². The lowest BCUT2D eigenvalue weighted by Crippen LogP contribution is -2.26. The molecular formula is C15H14BrFN2O. The van der Waals surface area contributed by atoms with Crippen LogP contribution in [-0.2, 0) is 6.54 Å². The van der Waals surface area contributed by atoms with Gasteiger partial charge in [0.25, 0.3) is 5.91 Å². The van der Waals surface area contributed by atoms with Crippen molar-refractivity contribution in [3.63, 3.8) is 0 Å². The molecule has 0 bridgehead atoms. The van der Waals surface area contributed by atoms with Gasteiger partial charge in [-0.25, -0.2) is 4.39 Å². The lowest BCUT2D eigenvalue weighted by Gasteiger charge is -2.18. The fraction of sp³-hybridized carbons (Fsp3) is 0.133. The van der Waals surface area contributed by atoms with Gasteiger partial charge in [0, 0.05) is 34.9 Å². The van der Waals surface area contributed by atoms with Crippen LogP contribution in [0.25, 0.3) is 0 Å². The van der Waals surface area contributed by atoms with Gasteiger partial charge < -0.3 is 10.6 Å². The monoisotopic (exact) mass is 336 g/mol. The highest BCUT2D eigenvalue weighted by molar-refractivity contribution is 9.10. The van der Waals surface area contributed by atoms with E-state index in [0.717, 1.165) is 4.47 Å². The van der Waals surface area contributed by atoms with Crippen molar-refractivity contribution < 1.29 is 9.18 Å². The fourth-order valence-corrected chi connectivity index (χ4v) is 2.25. The first-order valence-electron chi connectivity index (χ1n) is 6.02. The minimum absolute atomic E-state index is 0.177. The Morgan fingerprint density at radius 3 is 2.55 bits per heavy atom. The first kappa shape index (κ1) is 14.5. The zero-order chi connectivity index (χ0) is 14.7. The summed E-state index contributed by atoms with van der Waals surface area (Å²) in [7, 11) is 1.64. The molecule has 0 aliphatic carbocycles. The van der Waals surface area contributed by atoms with Crippen molar-refractivity contribution in [1.29, 1.82) is 0 Å². The lowest BCUT2D eigenvalue weighted by atomic mass is 10.1. The van der Waals surface area contributed by atoms with Crippen LogP contribution in [0.5, 0.6) is 0 Å². The predicted molar refractivity (Wildman–Crippen MR) is 80.8 cm³/mol. The molecule has 0 saturated carbocycles. The molecular weight excluding hydrogens is 323 g/mol. The van der Waals surface area contributed by atoms with E-state index in [0.29, 0.717) is 16.8 Å². The maximum Gasteiger partial charge on any atom is 0.253 e. The number of benzene rings is 2. The Kier molecular flexibility index (Phi) is 4.39. The third kappa shape index (κ3) is 3.36. The van der Waals surface area contributed by atoms with Crippen molar-refractivity contribution >= 4 is 27.5 Å². The van der Waals surface area contributed by atoms with Gasteiger partial charge in [0.2, 0.25) is 0 Å². The van der Waals surface area contributed by atoms with Crippen molar-refractivity contribution in [1.82, 2.24) is 4.90 Å². The number of nitrogens with two attached hydrogens (primary N) is 1. The second-order valence-electron chi connectivity index (χ2n) is 4.52. The molecule has 0 spiro atoms. The van der Waals surface area contributed by atoms with E-state index in [1.807, 2.05) is 0 Å². The number of carbonyl (C=O) groups is 1. The molecule has 0 unspecified atom stereocenters. The number of halogens is 2. The smallest absolute Gasteiger partial charge is 0.253 e. The Morgan fingerprint density at radius 1 is 1.25 bits per heavy atom. The first-order chi connectivity index (χ1) is 9.47. The lowest BCUT2D eigenvalue weighted by molar-refractivity contribution is 0.0784. The molecule has 0 radical (unpaired) electrons. The molecule has 2 aromatic rings. The van der Waals surface area contributed by atoms with Crippen LogP contribution in [0, 0.1) is 5.82 Å². The van der Waals surface area contributed by atoms with Crippen molar-refractivity contribution in [2.75, 3.05) is 12.8 Å². The molecule has 3 nitrogen and oxygen atoms in total. The average Bonchev–Trinajstić information content (AvgIpc) is 2.43. The van der Waals surface area contributed by atoms with Crippen LogP contribution in [0.3, 0.4) is 0 Å². The van der Waals surface area contributed by atoms with Crippen molar-refractivity contribution in [3.8, 4) is 0 Å². The van der Waals surface area contributed by atoms with Gasteiger partial charge in [-0.15, -0.1) is 0 Å². The van der Waals surface area contributed by atoms with Crippen molar-refractivity contribution in [2.24, 2.45) is 0 Å². The van der Waals surface area contributed by atoms with Gasteiger partial charge in [0.1, 0.15) is 5.82 Å². The number of hydrogen-bond acceptors (Lipinski definition) is 2. The Hall–Kier alpha value is -1.88. The van der Waals surface area contributed by atoms with E-state index in [4.69, 9.17) is 5.73 Å². The molecule has 5 heteroatoms. The van der Waals surface area contributed by atoms with Crippen molar-refractivity contribution in [2.45, 2.75) is 6.54 Å². The van der Waals surface area contributed by atoms with Crippen LogP contribution >= 0.6 is 15.9 Å². The third-order valence-electron chi connectivity index (χ3n) is 2.92. The molecule has 1 amide bonds. The summed E-state index contributed by atoms with van der Waals surface area (Å²) in [6.45, 7) is 0.203. The van der Waals surface area contributed by atoms with E-state index in [1.165, 1.54) is 11.0 Å². The Balaban J connectivity index is 2.15. The largest absolute Gasteiger partial charge is 0.399 e. The zero-order valence-corrected chi connectivity index (χ0v) is 12.5. The Morgan fingerprint density at radius 2 is 1.90 bits per heavy atom. The number of carbonyl (C=O) groups excluding carboxylic acids is 1. The number of nitrogens with zero attached hydrogens (tertiary/aromatic N) is 1. The van der Waals surface area contributed by atoms with E-state index < -0.39 is 0 Å². The van der Waals surface area contributed by atoms with E-state index in [9.17, 15) is 9.18 Å². The minimum atomic E-state index is -0.329. The molecule has 0 aliphatic heterocycles. The summed E-state index contributed by atoms with van der Waals surface area (Å²) < 4.78 is 14.5. The first-order valence-corrected chi connectivity index (χ1v) is 6.81. The zero-order valence-electron chi connectivity index (χ0n) is 10.9. The number of rotatable bonds is 3. The van der Waals surface area contributed by atoms with E-state index in [1.54, 1.807) is 43.4 Å². The maximum absolute atomic E-state index is 13.7. The fourth-order valence-electron chi connectivity index (χ4n) is 1.84. The molecule has 2 N–H and O–H groups in total. The number of amides is 1. The molecule has 0 aliphatic rings. The number of anilines is 1. The van der Waals surface area contributed by atoms with Crippen LogP contribution in [0.15, 0.2) is 46.9 Å². The van der Waals surface area contributed by atoms with Gasteiger partial charge in [0.05, 0.1) is 0 Å². The quantitative estimate of drug-likeness (QED) is 0.872. The van der Waals surface area contributed by atoms with Crippen LogP contribution in [-0.4, -0.2) is 17.9 Å². The van der Waals surface area contributed by atoms with Crippen LogP contribution in [0.2, 0.25) is 0 Å². The normalized spacial score (nSPS) is 10.3. The van der Waals surface area contributed by atoms with Gasteiger partial charge in [-0.1, -0.05) is 15.9 Å². The topological polar surface area (TPSA) is 46.3 Å². The molecule has 0 atom stereocenters. The van der Waals surface area contributed by atoms with Crippen LogP contribution in [0.1, 0.15) is 15.9 Å². The molecule has 0 saturated heterocycles. The van der Waals surface area contributed by atoms with Crippen molar-refractivity contribution in [3.05, 3.63) is 63.9 Å². The molecule has 20 heavy (non-hydrogen) atoms. The van der Waals surface area contributed by atoms with Gasteiger partial charge in [-0.3, -0.25) is 4.79 Å². The maximum atomic E-state index is 13.7. The predicted octanol–water partition coefficient (Wildman–Crippen LogP) is 3.44. The molecule has 0 heterocycles. The Bertz CT molecular complexity index is 628. The molecule has 0 fully saturated rings. The van der Waals surface area contributed by atoms with Gasteiger partial charge in [-0.05, 0) is 42.5 Å². The second kappa shape index (κ2) is 6.05. The Labute approximate surface area is 125 Å². The van der Waals surface area contributed by atoms with Crippen LogP contribution < -0.4 is 5.73 Å². The van der Waals surface area contributed by atoms with Gasteiger partial charge >= 0.3 is 0 Å². The SMILES string of the molecule is CN(Cc1cc(Br)ccc1F)C(=O)c1ccc(N)cc1. The highest BCUT2D eigenvalue weighted by Crippen LogP contribution is 2.18. The van der Waals surface area contributed by atoms with E-state index in [2.05, 4.69) is 15.9 Å². The molecule has 2 aromatic carbocycles. The highest BCUT2D eigenvalue weighted by atomic mass is 79.9. The van der Waals surface area contributed by atoms with Crippen LogP contribution in [0.4, 0.5) is 10.1 Å². The van der Waals surface area contributed by atoms with E-state index in [-0.39, 0.29) is 18.3 Å². The molecule has 2 rings (SSSR count). The number of nitrogen functional groups attached to an aromatic ring is 1. The molecule has 0 aromatic heterocycles. The summed E-state index contributed by atoms with van der Waals surface area (Å²) in [4.78, 5) is 13.7. The summed E-state index contributed by atoms with van der Waals surface area (Å²) in [5, 5.41) is 0. The summed E-state index contributed by atoms with van der Waals surface area (Å²) in [5.74, 6) is -0.505. The summed E-state index contributed by atoms with van der Waals surface area (Å²) in [6, 6.07) is 11.3. The summed E-state index contributed by atoms with van der Waals surface area (Å²) in [6.07, 6.45) is 0. The standard InChI is InChI=1S/C15H14BrFN2O/c1-19(9-11-8-12(16)4-7-14(11)17)15(20)10-2-5-13(18)6-3-10/h2-8H,9,18H2,1H3. The minimum Gasteiger partial charge on any atom is -0.399 e. The third-order valence-corrected chi connectivity index (χ3v) is 3.41. The summed E-state index contributed by atoms with van der Waals surface area (Å²) in [5.41, 5.74) is 7.17. The average molecular weight is 337 g/mol. The highest BCUT2D eigenvalue weighted by Gasteiger charge is 2.14. The van der Waals surface area contributed by atoms with E-state index >= 15 is 0 Å². The second-order valence-corrected chi connectivity index (χ2v) is 5.43. The van der Waals surface area contributed by atoms with Gasteiger partial charge in [-0.2, -0.15) is 0 Å².